The smallest absolute Gasteiger partial charge is 0.271 e. The monoisotopic (exact) mass is 332 g/mol. The van der Waals surface area contributed by atoms with Gasteiger partial charge in [-0.25, -0.2) is 4.98 Å². The molecule has 0 spiro atoms. The van der Waals surface area contributed by atoms with E-state index in [0.717, 1.165) is 31.4 Å². The van der Waals surface area contributed by atoms with Crippen molar-refractivity contribution in [2.75, 3.05) is 13.2 Å². The third kappa shape index (κ3) is 3.56. The molecular weight excluding hydrogens is 308 g/mol. The minimum atomic E-state index is -0.194. The number of hydrogen-bond donors (Lipinski definition) is 1. The lowest BCUT2D eigenvalue weighted by molar-refractivity contribution is -0.140. The first-order valence-corrected chi connectivity index (χ1v) is 8.57. The lowest BCUT2D eigenvalue weighted by Gasteiger charge is -2.39. The summed E-state index contributed by atoms with van der Waals surface area (Å²) in [5.41, 5.74) is 1.12. The van der Waals surface area contributed by atoms with Gasteiger partial charge in [0.15, 0.2) is 0 Å². The Morgan fingerprint density at radius 3 is 2.54 bits per heavy atom. The van der Waals surface area contributed by atoms with Crippen LogP contribution in [0.1, 0.15) is 48.8 Å². The number of carbonyl (C=O) groups is 2. The Labute approximate surface area is 141 Å². The molecule has 0 saturated carbocycles. The molecule has 7 nitrogen and oxygen atoms in total. The van der Waals surface area contributed by atoms with Gasteiger partial charge in [0, 0.05) is 30.9 Å². The Morgan fingerprint density at radius 1 is 1.25 bits per heavy atom. The van der Waals surface area contributed by atoms with Crippen molar-refractivity contribution in [3.8, 4) is 0 Å². The lowest BCUT2D eigenvalue weighted by Crippen LogP contribution is -2.53. The maximum Gasteiger partial charge on any atom is 0.271 e. The maximum atomic E-state index is 12.3. The number of carbonyl (C=O) groups excluding carboxylic acids is 2. The highest BCUT2D eigenvalue weighted by atomic mass is 16.5. The summed E-state index contributed by atoms with van der Waals surface area (Å²) in [7, 11) is 0. The average Bonchev–Trinajstić information content (AvgIpc) is 2.84. The number of amides is 2. The first-order valence-electron chi connectivity index (χ1n) is 8.57. The Bertz CT molecular complexity index is 590. The molecule has 1 aromatic rings. The van der Waals surface area contributed by atoms with Crippen molar-refractivity contribution in [2.24, 2.45) is 0 Å². The Balaban J connectivity index is 1.58. The highest BCUT2D eigenvalue weighted by Crippen LogP contribution is 2.35. The second-order valence-electron chi connectivity index (χ2n) is 6.51. The Morgan fingerprint density at radius 2 is 1.96 bits per heavy atom. The summed E-state index contributed by atoms with van der Waals surface area (Å²) in [5.74, 6) is -0.125. The van der Waals surface area contributed by atoms with Gasteiger partial charge in [-0.3, -0.25) is 14.6 Å². The molecule has 130 valence electrons. The summed E-state index contributed by atoms with van der Waals surface area (Å²) in [6, 6.07) is 0.478. The van der Waals surface area contributed by atoms with E-state index in [1.165, 1.54) is 6.20 Å². The maximum absolute atomic E-state index is 12.3. The zero-order valence-electron chi connectivity index (χ0n) is 14.2. The van der Waals surface area contributed by atoms with E-state index in [4.69, 9.17) is 4.74 Å². The summed E-state index contributed by atoms with van der Waals surface area (Å²) in [4.78, 5) is 34.8. The normalized spacial score (nSPS) is 25.6. The minimum Gasteiger partial charge on any atom is -0.372 e. The van der Waals surface area contributed by atoms with E-state index in [2.05, 4.69) is 15.3 Å². The predicted molar refractivity (Wildman–Crippen MR) is 87.4 cm³/mol. The lowest BCUT2D eigenvalue weighted by atomic mass is 9.97. The highest BCUT2D eigenvalue weighted by molar-refractivity contribution is 5.92. The molecule has 1 unspecified atom stereocenters. The van der Waals surface area contributed by atoms with Crippen LogP contribution >= 0.6 is 0 Å². The largest absolute Gasteiger partial charge is 0.372 e. The first-order chi connectivity index (χ1) is 11.6. The van der Waals surface area contributed by atoms with Crippen LogP contribution in [-0.2, 0) is 9.53 Å². The topological polar surface area (TPSA) is 84.4 Å². The van der Waals surface area contributed by atoms with E-state index in [1.807, 2.05) is 18.7 Å². The quantitative estimate of drug-likeness (QED) is 0.872. The highest BCUT2D eigenvalue weighted by Gasteiger charge is 2.43. The molecule has 2 aliphatic heterocycles. The van der Waals surface area contributed by atoms with Crippen LogP contribution in [0, 0.1) is 6.92 Å². The number of aryl methyl sites for hydroxylation is 1. The fraction of sp³-hybridized carbons (Fsp3) is 0.647. The van der Waals surface area contributed by atoms with Crippen molar-refractivity contribution in [3.63, 3.8) is 0 Å². The van der Waals surface area contributed by atoms with E-state index in [1.54, 1.807) is 6.20 Å². The van der Waals surface area contributed by atoms with E-state index in [9.17, 15) is 9.59 Å². The van der Waals surface area contributed by atoms with Gasteiger partial charge in [0.05, 0.1) is 11.9 Å². The van der Waals surface area contributed by atoms with Gasteiger partial charge in [0.25, 0.3) is 5.91 Å². The molecule has 0 aliphatic carbocycles. The summed E-state index contributed by atoms with van der Waals surface area (Å²) in [6.45, 7) is 4.42. The van der Waals surface area contributed by atoms with Crippen molar-refractivity contribution >= 4 is 11.8 Å². The van der Waals surface area contributed by atoms with Crippen molar-refractivity contribution in [2.45, 2.75) is 57.7 Å². The van der Waals surface area contributed by atoms with Crippen LogP contribution in [0.15, 0.2) is 12.4 Å². The molecule has 0 radical (unpaired) electrons. The molecule has 1 N–H and O–H groups in total. The molecule has 24 heavy (non-hydrogen) atoms. The van der Waals surface area contributed by atoms with Gasteiger partial charge >= 0.3 is 0 Å². The fourth-order valence-corrected chi connectivity index (χ4v) is 3.74. The number of hydrogen-bond acceptors (Lipinski definition) is 5. The molecule has 3 rings (SSSR count). The zero-order valence-corrected chi connectivity index (χ0v) is 14.2. The summed E-state index contributed by atoms with van der Waals surface area (Å²) >= 11 is 0. The molecule has 2 bridgehead atoms. The third-order valence-electron chi connectivity index (χ3n) is 4.80. The van der Waals surface area contributed by atoms with Gasteiger partial charge in [0.1, 0.15) is 12.3 Å². The first kappa shape index (κ1) is 16.8. The second kappa shape index (κ2) is 7.25. The molecule has 0 aromatic carbocycles. The number of rotatable bonds is 5. The van der Waals surface area contributed by atoms with Crippen LogP contribution < -0.4 is 5.32 Å². The third-order valence-corrected chi connectivity index (χ3v) is 4.80. The van der Waals surface area contributed by atoms with Gasteiger partial charge in [-0.15, -0.1) is 0 Å². The van der Waals surface area contributed by atoms with Crippen LogP contribution in [0.2, 0.25) is 0 Å². The SMILES string of the molecule is CCOCC(=O)N1[C@@H]2CC[C@H]1CC(NC(=O)c1cnc(C)cn1)C2. The van der Waals surface area contributed by atoms with Crippen molar-refractivity contribution in [1.29, 1.82) is 0 Å². The number of nitrogens with zero attached hydrogens (tertiary/aromatic N) is 3. The van der Waals surface area contributed by atoms with Gasteiger partial charge in [-0.2, -0.15) is 0 Å². The van der Waals surface area contributed by atoms with Crippen LogP contribution in [-0.4, -0.2) is 58.0 Å². The van der Waals surface area contributed by atoms with Crippen LogP contribution in [0.5, 0.6) is 0 Å². The molecule has 3 atom stereocenters. The van der Waals surface area contributed by atoms with Gasteiger partial charge in [-0.1, -0.05) is 0 Å². The molecule has 3 heterocycles. The van der Waals surface area contributed by atoms with E-state index >= 15 is 0 Å². The van der Waals surface area contributed by atoms with Crippen molar-refractivity contribution < 1.29 is 14.3 Å². The molecule has 2 amide bonds. The van der Waals surface area contributed by atoms with Crippen LogP contribution in [0.4, 0.5) is 0 Å². The van der Waals surface area contributed by atoms with Gasteiger partial charge < -0.3 is 15.0 Å². The number of fused-ring (bicyclic) bond motifs is 2. The van der Waals surface area contributed by atoms with Gasteiger partial charge in [0.2, 0.25) is 5.91 Å². The van der Waals surface area contributed by atoms with Crippen molar-refractivity contribution in [3.05, 3.63) is 23.8 Å². The fourth-order valence-electron chi connectivity index (χ4n) is 3.74. The zero-order chi connectivity index (χ0) is 17.1. The summed E-state index contributed by atoms with van der Waals surface area (Å²) in [6.07, 6.45) is 6.67. The standard InChI is InChI=1S/C17H24N4O3/c1-3-24-10-16(22)21-13-4-5-14(21)7-12(6-13)20-17(23)15-9-18-11(2)8-19-15/h8-9,12-14H,3-7,10H2,1-2H3,(H,20,23)/t12?,13-,14+. The summed E-state index contributed by atoms with van der Waals surface area (Å²) < 4.78 is 5.26. The number of ether oxygens (including phenoxy) is 1. The number of nitrogens with one attached hydrogen (secondary N) is 1. The number of piperidine rings is 1. The molecule has 2 fully saturated rings. The second-order valence-corrected chi connectivity index (χ2v) is 6.51. The van der Waals surface area contributed by atoms with E-state index in [-0.39, 0.29) is 36.5 Å². The molecule has 7 heteroatoms. The van der Waals surface area contributed by atoms with Crippen LogP contribution in [0.25, 0.3) is 0 Å². The number of aromatic nitrogens is 2. The van der Waals surface area contributed by atoms with Crippen LogP contribution in [0.3, 0.4) is 0 Å². The molecule has 2 saturated heterocycles. The predicted octanol–water partition coefficient (Wildman–Crippen LogP) is 1.07. The van der Waals surface area contributed by atoms with Crippen molar-refractivity contribution in [1.82, 2.24) is 20.2 Å². The average molecular weight is 332 g/mol. The minimum absolute atomic E-state index is 0.0681. The molecule has 1 aromatic heterocycles. The summed E-state index contributed by atoms with van der Waals surface area (Å²) in [5, 5.41) is 3.05. The van der Waals surface area contributed by atoms with E-state index in [0.29, 0.717) is 12.3 Å². The molecular formula is C17H24N4O3. The van der Waals surface area contributed by atoms with E-state index < -0.39 is 0 Å². The Hall–Kier alpha value is -2.02. The Kier molecular flexibility index (Phi) is 5.08. The van der Waals surface area contributed by atoms with Gasteiger partial charge in [-0.05, 0) is 39.5 Å². The molecule has 2 aliphatic rings.